The number of aromatic nitrogens is 2. The Labute approximate surface area is 102 Å². The number of nitrogens with two attached hydrogens (primary N) is 1. The first kappa shape index (κ1) is 13.9. The van der Waals surface area contributed by atoms with Crippen LogP contribution in [0.15, 0.2) is 12.4 Å². The van der Waals surface area contributed by atoms with Crippen LogP contribution in [0.25, 0.3) is 0 Å². The van der Waals surface area contributed by atoms with E-state index in [0.717, 1.165) is 0 Å². The summed E-state index contributed by atoms with van der Waals surface area (Å²) in [6.07, 6.45) is 3.76. The zero-order valence-corrected chi connectivity index (χ0v) is 10.9. The fourth-order valence-electron chi connectivity index (χ4n) is 1.25. The molecule has 17 heavy (non-hydrogen) atoms. The highest BCUT2D eigenvalue weighted by Crippen LogP contribution is 2.09. The first-order valence-corrected chi connectivity index (χ1v) is 6.90. The molecular formula is C9H19N5O2S. The number of anilines is 1. The fourth-order valence-corrected chi connectivity index (χ4v) is 2.18. The summed E-state index contributed by atoms with van der Waals surface area (Å²) in [6, 6.07) is 0. The number of rotatable bonds is 7. The maximum Gasteiger partial charge on any atom is 0.301 e. The van der Waals surface area contributed by atoms with Gasteiger partial charge in [0.2, 0.25) is 0 Å². The van der Waals surface area contributed by atoms with E-state index >= 15 is 0 Å². The lowest BCUT2D eigenvalue weighted by atomic mass is 10.4. The minimum atomic E-state index is -3.51. The van der Waals surface area contributed by atoms with Crippen molar-refractivity contribution in [3.63, 3.8) is 0 Å². The molecule has 0 spiro atoms. The summed E-state index contributed by atoms with van der Waals surface area (Å²) in [7, 11) is -1.99. The van der Waals surface area contributed by atoms with Crippen molar-refractivity contribution in [3.05, 3.63) is 12.4 Å². The molecule has 8 heteroatoms. The Morgan fingerprint density at radius 1 is 1.59 bits per heavy atom. The third-order valence-electron chi connectivity index (χ3n) is 2.29. The van der Waals surface area contributed by atoms with Crippen LogP contribution >= 0.6 is 0 Å². The monoisotopic (exact) mass is 261 g/mol. The summed E-state index contributed by atoms with van der Waals surface area (Å²) in [5, 5.41) is 3.99. The van der Waals surface area contributed by atoms with Gasteiger partial charge in [0.15, 0.2) is 0 Å². The van der Waals surface area contributed by atoms with Gasteiger partial charge in [-0.2, -0.15) is 17.8 Å². The third-order valence-corrected chi connectivity index (χ3v) is 3.79. The van der Waals surface area contributed by atoms with E-state index in [0.29, 0.717) is 31.7 Å². The molecule has 1 heterocycles. The Kier molecular flexibility index (Phi) is 4.91. The zero-order valence-electron chi connectivity index (χ0n) is 10.1. The third kappa shape index (κ3) is 3.99. The lowest BCUT2D eigenvalue weighted by molar-refractivity contribution is 0.468. The van der Waals surface area contributed by atoms with Crippen molar-refractivity contribution in [2.45, 2.75) is 19.9 Å². The van der Waals surface area contributed by atoms with Crippen molar-refractivity contribution in [1.82, 2.24) is 14.1 Å². The van der Waals surface area contributed by atoms with Crippen LogP contribution in [0.2, 0.25) is 0 Å². The van der Waals surface area contributed by atoms with E-state index in [2.05, 4.69) is 9.82 Å². The molecule has 1 rings (SSSR count). The highest BCUT2D eigenvalue weighted by atomic mass is 32.2. The lowest BCUT2D eigenvalue weighted by Crippen LogP contribution is -2.34. The van der Waals surface area contributed by atoms with Crippen molar-refractivity contribution in [3.8, 4) is 0 Å². The van der Waals surface area contributed by atoms with E-state index in [-0.39, 0.29) is 0 Å². The molecule has 3 N–H and O–H groups in total. The Hall–Kier alpha value is -1.12. The van der Waals surface area contributed by atoms with Crippen LogP contribution in [-0.2, 0) is 16.8 Å². The predicted octanol–water partition coefficient (Wildman–Crippen LogP) is -0.160. The first-order chi connectivity index (χ1) is 7.99. The number of aryl methyl sites for hydroxylation is 1. The summed E-state index contributed by atoms with van der Waals surface area (Å²) in [6.45, 7) is 3.49. The molecule has 1 aromatic heterocycles. The Morgan fingerprint density at radius 3 is 2.82 bits per heavy atom. The normalized spacial score (nSPS) is 12.0. The van der Waals surface area contributed by atoms with E-state index < -0.39 is 10.2 Å². The lowest BCUT2D eigenvalue weighted by Gasteiger charge is -2.16. The van der Waals surface area contributed by atoms with Crippen molar-refractivity contribution in [2.24, 2.45) is 5.73 Å². The molecule has 98 valence electrons. The van der Waals surface area contributed by atoms with E-state index in [4.69, 9.17) is 5.73 Å². The molecule has 0 bridgehead atoms. The van der Waals surface area contributed by atoms with Gasteiger partial charge in [-0.3, -0.25) is 9.40 Å². The van der Waals surface area contributed by atoms with Crippen LogP contribution in [0, 0.1) is 0 Å². The SMILES string of the molecule is CCn1cc(NS(=O)(=O)N(C)CCCN)cn1. The van der Waals surface area contributed by atoms with Gasteiger partial charge in [0.05, 0.1) is 11.9 Å². The standard InChI is InChI=1S/C9H19N5O2S/c1-3-14-8-9(7-11-14)12-17(15,16)13(2)6-4-5-10/h7-8,12H,3-6,10H2,1-2H3. The van der Waals surface area contributed by atoms with E-state index in [1.54, 1.807) is 10.9 Å². The van der Waals surface area contributed by atoms with Gasteiger partial charge in [-0.15, -0.1) is 0 Å². The van der Waals surface area contributed by atoms with E-state index in [1.807, 2.05) is 6.92 Å². The second-order valence-corrected chi connectivity index (χ2v) is 5.43. The molecule has 0 unspecified atom stereocenters. The summed E-state index contributed by atoms with van der Waals surface area (Å²) < 4.78 is 29.0. The molecule has 0 atom stereocenters. The molecule has 0 radical (unpaired) electrons. The van der Waals surface area contributed by atoms with Crippen molar-refractivity contribution in [1.29, 1.82) is 0 Å². The maximum atomic E-state index is 11.8. The van der Waals surface area contributed by atoms with E-state index in [1.165, 1.54) is 17.5 Å². The maximum absolute atomic E-state index is 11.8. The topological polar surface area (TPSA) is 93.2 Å². The van der Waals surface area contributed by atoms with Gasteiger partial charge in [0, 0.05) is 26.3 Å². The van der Waals surface area contributed by atoms with Gasteiger partial charge >= 0.3 is 10.2 Å². The molecule has 7 nitrogen and oxygen atoms in total. The van der Waals surface area contributed by atoms with Crippen LogP contribution in [0.1, 0.15) is 13.3 Å². The summed E-state index contributed by atoms with van der Waals surface area (Å²) >= 11 is 0. The number of hydrogen-bond acceptors (Lipinski definition) is 4. The van der Waals surface area contributed by atoms with Crippen molar-refractivity contribution >= 4 is 15.9 Å². The molecule has 0 saturated heterocycles. The largest absolute Gasteiger partial charge is 0.330 e. The Morgan fingerprint density at radius 2 is 2.29 bits per heavy atom. The molecule has 1 aromatic rings. The highest BCUT2D eigenvalue weighted by molar-refractivity contribution is 7.90. The highest BCUT2D eigenvalue weighted by Gasteiger charge is 2.17. The molecule has 0 aromatic carbocycles. The summed E-state index contributed by atoms with van der Waals surface area (Å²) in [4.78, 5) is 0. The minimum absolute atomic E-state index is 0.397. The van der Waals surface area contributed by atoms with Gasteiger partial charge < -0.3 is 5.73 Å². The van der Waals surface area contributed by atoms with Crippen LogP contribution in [0.3, 0.4) is 0 Å². The van der Waals surface area contributed by atoms with E-state index in [9.17, 15) is 8.42 Å². The zero-order chi connectivity index (χ0) is 12.9. The molecule has 0 fully saturated rings. The van der Waals surface area contributed by atoms with Gasteiger partial charge in [-0.25, -0.2) is 0 Å². The minimum Gasteiger partial charge on any atom is -0.330 e. The molecule has 0 amide bonds. The second-order valence-electron chi connectivity index (χ2n) is 3.66. The van der Waals surface area contributed by atoms with Gasteiger partial charge in [0.25, 0.3) is 0 Å². The fraction of sp³-hybridized carbons (Fsp3) is 0.667. The summed E-state index contributed by atoms with van der Waals surface area (Å²) in [5.74, 6) is 0. The quantitative estimate of drug-likeness (QED) is 0.713. The Bertz CT molecular complexity index is 442. The second kappa shape index (κ2) is 5.99. The van der Waals surface area contributed by atoms with Crippen LogP contribution in [-0.4, -0.2) is 42.6 Å². The van der Waals surface area contributed by atoms with Crippen LogP contribution in [0.4, 0.5) is 5.69 Å². The summed E-state index contributed by atoms with van der Waals surface area (Å²) in [5.41, 5.74) is 5.80. The molecule has 0 saturated carbocycles. The predicted molar refractivity (Wildman–Crippen MR) is 66.7 cm³/mol. The molecule has 0 aliphatic rings. The smallest absolute Gasteiger partial charge is 0.301 e. The molecular weight excluding hydrogens is 242 g/mol. The number of nitrogens with zero attached hydrogens (tertiary/aromatic N) is 3. The van der Waals surface area contributed by atoms with Gasteiger partial charge in [-0.1, -0.05) is 0 Å². The molecule has 0 aliphatic carbocycles. The van der Waals surface area contributed by atoms with Crippen molar-refractivity contribution in [2.75, 3.05) is 24.9 Å². The number of hydrogen-bond donors (Lipinski definition) is 2. The first-order valence-electron chi connectivity index (χ1n) is 5.46. The Balaban J connectivity index is 2.65. The average Bonchev–Trinajstić information content (AvgIpc) is 2.72. The van der Waals surface area contributed by atoms with Gasteiger partial charge in [0.1, 0.15) is 0 Å². The van der Waals surface area contributed by atoms with Crippen LogP contribution < -0.4 is 10.5 Å². The average molecular weight is 261 g/mol. The van der Waals surface area contributed by atoms with Crippen LogP contribution in [0.5, 0.6) is 0 Å². The molecule has 0 aliphatic heterocycles. The number of nitrogens with one attached hydrogen (secondary N) is 1. The van der Waals surface area contributed by atoms with Crippen molar-refractivity contribution < 1.29 is 8.42 Å². The van der Waals surface area contributed by atoms with Gasteiger partial charge in [-0.05, 0) is 19.9 Å².